The van der Waals surface area contributed by atoms with Crippen LogP contribution in [0.4, 0.5) is 5.69 Å². The molecular weight excluding hydrogens is 292 g/mol. The highest BCUT2D eigenvalue weighted by atomic mass is 79.9. The van der Waals surface area contributed by atoms with Crippen molar-refractivity contribution in [3.63, 3.8) is 0 Å². The van der Waals surface area contributed by atoms with Crippen LogP contribution in [0.1, 0.15) is 31.2 Å². The van der Waals surface area contributed by atoms with Gasteiger partial charge in [0.15, 0.2) is 0 Å². The van der Waals surface area contributed by atoms with Crippen molar-refractivity contribution in [3.05, 3.63) is 28.2 Å². The van der Waals surface area contributed by atoms with Crippen molar-refractivity contribution < 1.29 is 5.11 Å². The van der Waals surface area contributed by atoms with Gasteiger partial charge in [0.25, 0.3) is 0 Å². The van der Waals surface area contributed by atoms with Gasteiger partial charge in [-0.3, -0.25) is 4.90 Å². The Bertz CT molecular complexity index is 371. The van der Waals surface area contributed by atoms with Gasteiger partial charge in [-0.15, -0.1) is 0 Å². The van der Waals surface area contributed by atoms with Gasteiger partial charge < -0.3 is 10.8 Å². The monoisotopic (exact) mass is 312 g/mol. The van der Waals surface area contributed by atoms with E-state index in [1.165, 1.54) is 25.7 Å². The molecule has 1 aliphatic carbocycles. The zero-order valence-corrected chi connectivity index (χ0v) is 12.2. The highest BCUT2D eigenvalue weighted by Crippen LogP contribution is 2.29. The van der Waals surface area contributed by atoms with Crippen LogP contribution in [0.25, 0.3) is 0 Å². The number of anilines is 1. The SMILES string of the molecule is Nc1cccc(Br)c1CN(CCO)C1CCCC1. The van der Waals surface area contributed by atoms with Crippen molar-refractivity contribution in [1.82, 2.24) is 4.90 Å². The van der Waals surface area contributed by atoms with Crippen molar-refractivity contribution in [3.8, 4) is 0 Å². The summed E-state index contributed by atoms with van der Waals surface area (Å²) in [6.07, 6.45) is 5.09. The van der Waals surface area contributed by atoms with E-state index in [0.29, 0.717) is 6.04 Å². The first kappa shape index (κ1) is 13.8. The van der Waals surface area contributed by atoms with Crippen LogP contribution in [0.2, 0.25) is 0 Å². The summed E-state index contributed by atoms with van der Waals surface area (Å²) in [5.41, 5.74) is 8.01. The van der Waals surface area contributed by atoms with Crippen molar-refractivity contribution >= 4 is 21.6 Å². The second-order valence-corrected chi connectivity index (χ2v) is 5.79. The first-order chi connectivity index (χ1) is 8.72. The lowest BCUT2D eigenvalue weighted by Crippen LogP contribution is -2.35. The van der Waals surface area contributed by atoms with Gasteiger partial charge in [0, 0.05) is 34.9 Å². The van der Waals surface area contributed by atoms with Gasteiger partial charge in [0.05, 0.1) is 6.61 Å². The molecule has 0 saturated heterocycles. The average molecular weight is 313 g/mol. The van der Waals surface area contributed by atoms with Crippen LogP contribution in [-0.2, 0) is 6.54 Å². The lowest BCUT2D eigenvalue weighted by molar-refractivity contribution is 0.145. The molecule has 0 bridgehead atoms. The number of aliphatic hydroxyl groups is 1. The molecule has 0 aliphatic heterocycles. The molecule has 0 spiro atoms. The van der Waals surface area contributed by atoms with Crippen LogP contribution in [0.3, 0.4) is 0 Å². The molecule has 1 aromatic carbocycles. The standard InChI is InChI=1S/C14H21BrN2O/c15-13-6-3-7-14(16)12(13)10-17(8-9-18)11-4-1-2-5-11/h3,6-7,11,18H,1-2,4-5,8-10,16H2. The van der Waals surface area contributed by atoms with Gasteiger partial charge in [-0.05, 0) is 25.0 Å². The third-order valence-corrected chi connectivity index (χ3v) is 4.49. The van der Waals surface area contributed by atoms with Gasteiger partial charge in [0.2, 0.25) is 0 Å². The Kier molecular flexibility index (Phi) is 5.03. The van der Waals surface area contributed by atoms with Crippen molar-refractivity contribution in [2.75, 3.05) is 18.9 Å². The van der Waals surface area contributed by atoms with E-state index < -0.39 is 0 Å². The van der Waals surface area contributed by atoms with Crippen molar-refractivity contribution in [2.24, 2.45) is 0 Å². The Morgan fingerprint density at radius 2 is 2.06 bits per heavy atom. The maximum absolute atomic E-state index is 9.23. The molecule has 0 aromatic heterocycles. The summed E-state index contributed by atoms with van der Waals surface area (Å²) >= 11 is 3.57. The van der Waals surface area contributed by atoms with Crippen LogP contribution in [0.5, 0.6) is 0 Å². The highest BCUT2D eigenvalue weighted by Gasteiger charge is 2.23. The van der Waals surface area contributed by atoms with Crippen molar-refractivity contribution in [1.29, 1.82) is 0 Å². The Morgan fingerprint density at radius 3 is 2.67 bits per heavy atom. The molecule has 4 heteroatoms. The van der Waals surface area contributed by atoms with Crippen LogP contribution >= 0.6 is 15.9 Å². The zero-order chi connectivity index (χ0) is 13.0. The molecule has 0 unspecified atom stereocenters. The molecule has 2 rings (SSSR count). The molecule has 1 fully saturated rings. The smallest absolute Gasteiger partial charge is 0.0558 e. The lowest BCUT2D eigenvalue weighted by atomic mass is 10.1. The quantitative estimate of drug-likeness (QED) is 0.822. The molecule has 0 radical (unpaired) electrons. The fraction of sp³-hybridized carbons (Fsp3) is 0.571. The second-order valence-electron chi connectivity index (χ2n) is 4.94. The third-order valence-electron chi connectivity index (χ3n) is 3.74. The topological polar surface area (TPSA) is 49.5 Å². The molecule has 0 atom stereocenters. The largest absolute Gasteiger partial charge is 0.398 e. The van der Waals surface area contributed by atoms with E-state index in [-0.39, 0.29) is 6.61 Å². The normalized spacial score (nSPS) is 16.6. The number of aliphatic hydroxyl groups excluding tert-OH is 1. The minimum Gasteiger partial charge on any atom is -0.398 e. The number of halogens is 1. The van der Waals surface area contributed by atoms with Gasteiger partial charge >= 0.3 is 0 Å². The van der Waals surface area contributed by atoms with Crippen LogP contribution in [-0.4, -0.2) is 29.2 Å². The van der Waals surface area contributed by atoms with E-state index >= 15 is 0 Å². The summed E-state index contributed by atoms with van der Waals surface area (Å²) in [6, 6.07) is 6.52. The zero-order valence-electron chi connectivity index (χ0n) is 10.6. The number of hydrogen-bond donors (Lipinski definition) is 2. The molecule has 1 saturated carbocycles. The van der Waals surface area contributed by atoms with E-state index in [4.69, 9.17) is 5.73 Å². The number of hydrogen-bond acceptors (Lipinski definition) is 3. The molecule has 100 valence electrons. The molecule has 18 heavy (non-hydrogen) atoms. The Morgan fingerprint density at radius 1 is 1.33 bits per heavy atom. The molecule has 3 N–H and O–H groups in total. The maximum Gasteiger partial charge on any atom is 0.0558 e. The predicted octanol–water partition coefficient (Wildman–Crippen LogP) is 2.77. The summed E-state index contributed by atoms with van der Waals surface area (Å²) in [5.74, 6) is 0. The number of nitrogens with two attached hydrogens (primary N) is 1. The first-order valence-electron chi connectivity index (χ1n) is 6.60. The summed E-state index contributed by atoms with van der Waals surface area (Å²) in [5, 5.41) is 9.23. The van der Waals surface area contributed by atoms with Gasteiger partial charge in [0.1, 0.15) is 0 Å². The van der Waals surface area contributed by atoms with E-state index in [9.17, 15) is 5.11 Å². The molecule has 1 aliphatic rings. The Hall–Kier alpha value is -0.580. The van der Waals surface area contributed by atoms with Crippen LogP contribution in [0, 0.1) is 0 Å². The summed E-state index contributed by atoms with van der Waals surface area (Å²) < 4.78 is 1.06. The van der Waals surface area contributed by atoms with E-state index in [1.54, 1.807) is 0 Å². The number of nitrogen functional groups attached to an aromatic ring is 1. The average Bonchev–Trinajstić information content (AvgIpc) is 2.86. The predicted molar refractivity (Wildman–Crippen MR) is 78.3 cm³/mol. The summed E-state index contributed by atoms with van der Waals surface area (Å²) in [6.45, 7) is 1.75. The number of nitrogens with zero attached hydrogens (tertiary/aromatic N) is 1. The lowest BCUT2D eigenvalue weighted by Gasteiger charge is -2.29. The first-order valence-corrected chi connectivity index (χ1v) is 7.39. The van der Waals surface area contributed by atoms with Gasteiger partial charge in [-0.1, -0.05) is 34.8 Å². The Balaban J connectivity index is 2.12. The van der Waals surface area contributed by atoms with Gasteiger partial charge in [-0.25, -0.2) is 0 Å². The van der Waals surface area contributed by atoms with Crippen molar-refractivity contribution in [2.45, 2.75) is 38.3 Å². The molecule has 0 amide bonds. The second kappa shape index (κ2) is 6.55. The fourth-order valence-electron chi connectivity index (χ4n) is 2.73. The van der Waals surface area contributed by atoms with Gasteiger partial charge in [-0.2, -0.15) is 0 Å². The minimum atomic E-state index is 0.209. The van der Waals surface area contributed by atoms with Crippen LogP contribution in [0.15, 0.2) is 22.7 Å². The van der Waals surface area contributed by atoms with Crippen LogP contribution < -0.4 is 5.73 Å². The summed E-state index contributed by atoms with van der Waals surface area (Å²) in [4.78, 5) is 2.36. The maximum atomic E-state index is 9.23. The van der Waals surface area contributed by atoms with E-state index in [2.05, 4.69) is 20.8 Å². The fourth-order valence-corrected chi connectivity index (χ4v) is 3.24. The molecule has 1 aromatic rings. The van der Waals surface area contributed by atoms with E-state index in [1.807, 2.05) is 18.2 Å². The summed E-state index contributed by atoms with van der Waals surface area (Å²) in [7, 11) is 0. The van der Waals surface area contributed by atoms with E-state index in [0.717, 1.165) is 28.8 Å². The third kappa shape index (κ3) is 3.25. The highest BCUT2D eigenvalue weighted by molar-refractivity contribution is 9.10. The number of benzene rings is 1. The molecule has 3 nitrogen and oxygen atoms in total. The molecule has 0 heterocycles. The molecular formula is C14H21BrN2O. The number of rotatable bonds is 5. The minimum absolute atomic E-state index is 0.209. The Labute approximate surface area is 117 Å².